The molecule has 0 N–H and O–H groups in total. The van der Waals surface area contributed by atoms with Crippen LogP contribution in [0.3, 0.4) is 0 Å². The van der Waals surface area contributed by atoms with Crippen molar-refractivity contribution in [2.24, 2.45) is 0 Å². The number of esters is 1. The van der Waals surface area contributed by atoms with E-state index in [1.807, 2.05) is 10.6 Å². The summed E-state index contributed by atoms with van der Waals surface area (Å²) in [6.45, 7) is 1.98. The van der Waals surface area contributed by atoms with Gasteiger partial charge >= 0.3 is 5.97 Å². The first kappa shape index (κ1) is 17.1. The minimum atomic E-state index is -1.50. The predicted molar refractivity (Wildman–Crippen MR) is 93.3 cm³/mol. The van der Waals surface area contributed by atoms with Gasteiger partial charge in [0.2, 0.25) is 0 Å². The number of pyridine rings is 1. The van der Waals surface area contributed by atoms with Gasteiger partial charge in [-0.25, -0.2) is 4.98 Å². The number of rotatable bonds is 6. The Bertz CT molecular complexity index is 939. The molecule has 1 unspecified atom stereocenters. The van der Waals surface area contributed by atoms with E-state index in [0.29, 0.717) is 10.6 Å². The summed E-state index contributed by atoms with van der Waals surface area (Å²) in [4.78, 5) is 20.4. The van der Waals surface area contributed by atoms with E-state index < -0.39 is 16.8 Å². The molecule has 0 aliphatic heterocycles. The molecule has 0 aliphatic carbocycles. The predicted octanol–water partition coefficient (Wildman–Crippen LogP) is 2.10. The molecule has 25 heavy (non-hydrogen) atoms. The van der Waals surface area contributed by atoms with Gasteiger partial charge in [-0.1, -0.05) is 0 Å². The number of methoxy groups -OCH3 is 1. The average molecular weight is 359 g/mol. The zero-order valence-electron chi connectivity index (χ0n) is 13.8. The van der Waals surface area contributed by atoms with Crippen molar-refractivity contribution in [2.45, 2.75) is 11.8 Å². The number of hydrogen-bond acceptors (Lipinski definition) is 6. The van der Waals surface area contributed by atoms with Gasteiger partial charge in [0.25, 0.3) is 0 Å². The van der Waals surface area contributed by atoms with Gasteiger partial charge in [-0.15, -0.1) is 0 Å². The van der Waals surface area contributed by atoms with E-state index in [4.69, 9.17) is 9.47 Å². The molecule has 8 heteroatoms. The maximum Gasteiger partial charge on any atom is 0.318 e. The number of benzene rings is 1. The highest BCUT2D eigenvalue weighted by Crippen LogP contribution is 2.28. The van der Waals surface area contributed by atoms with Crippen molar-refractivity contribution in [1.82, 2.24) is 14.5 Å². The molecule has 7 nitrogen and oxygen atoms in total. The molecule has 0 spiro atoms. The van der Waals surface area contributed by atoms with Crippen LogP contribution in [0.2, 0.25) is 0 Å². The molecule has 130 valence electrons. The third-order valence-electron chi connectivity index (χ3n) is 3.58. The molecule has 0 saturated carbocycles. The summed E-state index contributed by atoms with van der Waals surface area (Å²) in [7, 11) is 0.0408. The SMILES string of the molecule is CCOC(=O)CS(=O)c1ccc(-n2cnc3cnccc32)c(OC)c1. The van der Waals surface area contributed by atoms with Crippen molar-refractivity contribution in [3.63, 3.8) is 0 Å². The van der Waals surface area contributed by atoms with Crippen molar-refractivity contribution in [3.05, 3.63) is 43.0 Å². The highest BCUT2D eigenvalue weighted by molar-refractivity contribution is 7.85. The lowest BCUT2D eigenvalue weighted by atomic mass is 10.2. The number of carbonyl (C=O) groups is 1. The van der Waals surface area contributed by atoms with Crippen LogP contribution in [0.15, 0.2) is 47.9 Å². The molecule has 0 bridgehead atoms. The van der Waals surface area contributed by atoms with Crippen LogP contribution in [0.4, 0.5) is 0 Å². The number of aromatic nitrogens is 3. The zero-order valence-corrected chi connectivity index (χ0v) is 14.7. The molecule has 1 aromatic carbocycles. The molecule has 3 aromatic rings. The second kappa shape index (κ2) is 7.43. The van der Waals surface area contributed by atoms with Crippen LogP contribution in [0.5, 0.6) is 5.75 Å². The van der Waals surface area contributed by atoms with E-state index in [2.05, 4.69) is 9.97 Å². The number of carbonyl (C=O) groups excluding carboxylic acids is 1. The summed E-state index contributed by atoms with van der Waals surface area (Å²) in [6, 6.07) is 7.02. The third-order valence-corrected chi connectivity index (χ3v) is 4.86. The van der Waals surface area contributed by atoms with Crippen LogP contribution >= 0.6 is 0 Å². The molecule has 0 fully saturated rings. The van der Waals surface area contributed by atoms with Crippen LogP contribution in [0.1, 0.15) is 6.92 Å². The lowest BCUT2D eigenvalue weighted by Gasteiger charge is -2.12. The van der Waals surface area contributed by atoms with Crippen molar-refractivity contribution < 1.29 is 18.5 Å². The first-order chi connectivity index (χ1) is 12.1. The van der Waals surface area contributed by atoms with Crippen LogP contribution in [0, 0.1) is 0 Å². The molecule has 0 saturated heterocycles. The Labute approximate surface area is 147 Å². The Hall–Kier alpha value is -2.74. The topological polar surface area (TPSA) is 83.3 Å². The highest BCUT2D eigenvalue weighted by Gasteiger charge is 2.15. The van der Waals surface area contributed by atoms with Crippen LogP contribution in [0.25, 0.3) is 16.7 Å². The minimum Gasteiger partial charge on any atom is -0.495 e. The molecule has 1 atom stereocenters. The van der Waals surface area contributed by atoms with Gasteiger partial charge in [0.1, 0.15) is 23.3 Å². The number of ether oxygens (including phenoxy) is 2. The average Bonchev–Trinajstić information content (AvgIpc) is 3.05. The van der Waals surface area contributed by atoms with Gasteiger partial charge < -0.3 is 9.47 Å². The van der Waals surface area contributed by atoms with Crippen LogP contribution < -0.4 is 4.74 Å². The molecule has 2 aromatic heterocycles. The number of nitrogens with zero attached hydrogens (tertiary/aromatic N) is 3. The second-order valence-corrected chi connectivity index (χ2v) is 6.56. The van der Waals surface area contributed by atoms with Gasteiger partial charge in [0, 0.05) is 11.1 Å². The van der Waals surface area contributed by atoms with E-state index in [0.717, 1.165) is 16.7 Å². The third kappa shape index (κ3) is 3.53. The maximum absolute atomic E-state index is 12.3. The van der Waals surface area contributed by atoms with Gasteiger partial charge in [-0.3, -0.25) is 18.6 Å². The summed E-state index contributed by atoms with van der Waals surface area (Å²) in [6.07, 6.45) is 5.05. The fourth-order valence-corrected chi connectivity index (χ4v) is 3.37. The number of fused-ring (bicyclic) bond motifs is 1. The summed E-state index contributed by atoms with van der Waals surface area (Å²) in [5.74, 6) is -0.140. The summed E-state index contributed by atoms with van der Waals surface area (Å²) >= 11 is 0. The molecule has 0 radical (unpaired) electrons. The fraction of sp³-hybridized carbons (Fsp3) is 0.235. The molecule has 0 aliphatic rings. The number of imidazole rings is 1. The van der Waals surface area contributed by atoms with Crippen molar-refractivity contribution in [1.29, 1.82) is 0 Å². The Balaban J connectivity index is 1.95. The lowest BCUT2D eigenvalue weighted by Crippen LogP contribution is -2.14. The van der Waals surface area contributed by atoms with Gasteiger partial charge in [-0.2, -0.15) is 0 Å². The fourth-order valence-electron chi connectivity index (χ4n) is 2.45. The zero-order chi connectivity index (χ0) is 17.8. The van der Waals surface area contributed by atoms with E-state index in [9.17, 15) is 9.00 Å². The Morgan fingerprint density at radius 2 is 2.16 bits per heavy atom. The largest absolute Gasteiger partial charge is 0.495 e. The van der Waals surface area contributed by atoms with Crippen molar-refractivity contribution in [3.8, 4) is 11.4 Å². The second-order valence-electron chi connectivity index (χ2n) is 5.11. The van der Waals surface area contributed by atoms with Crippen molar-refractivity contribution >= 4 is 27.8 Å². The maximum atomic E-state index is 12.3. The highest BCUT2D eigenvalue weighted by atomic mass is 32.2. The van der Waals surface area contributed by atoms with Crippen molar-refractivity contribution in [2.75, 3.05) is 19.5 Å². The molecule has 2 heterocycles. The normalized spacial score (nSPS) is 12.1. The van der Waals surface area contributed by atoms with Gasteiger partial charge in [-0.05, 0) is 31.2 Å². The molecule has 0 amide bonds. The van der Waals surface area contributed by atoms with E-state index in [-0.39, 0.29) is 12.4 Å². The van der Waals surface area contributed by atoms with Crippen LogP contribution in [-0.2, 0) is 20.3 Å². The van der Waals surface area contributed by atoms with Gasteiger partial charge in [0.05, 0.1) is 41.9 Å². The monoisotopic (exact) mass is 359 g/mol. The molecule has 3 rings (SSSR count). The Morgan fingerprint density at radius 3 is 2.92 bits per heavy atom. The summed E-state index contributed by atoms with van der Waals surface area (Å²) in [5.41, 5.74) is 2.40. The Kier molecular flexibility index (Phi) is 5.08. The minimum absolute atomic E-state index is 0.185. The number of hydrogen-bond donors (Lipinski definition) is 0. The summed E-state index contributed by atoms with van der Waals surface area (Å²) in [5, 5.41) is 0. The lowest BCUT2D eigenvalue weighted by molar-refractivity contribution is -0.139. The summed E-state index contributed by atoms with van der Waals surface area (Å²) < 4.78 is 24.5. The first-order valence-corrected chi connectivity index (χ1v) is 8.95. The molecular formula is C17H17N3O4S. The molecular weight excluding hydrogens is 342 g/mol. The van der Waals surface area contributed by atoms with Gasteiger partial charge in [0.15, 0.2) is 0 Å². The Morgan fingerprint density at radius 1 is 1.32 bits per heavy atom. The first-order valence-electron chi connectivity index (χ1n) is 7.63. The standard InChI is InChI=1S/C17H17N3O4S/c1-3-24-17(21)10-25(22)12-4-5-15(16(8-12)23-2)20-11-19-13-9-18-7-6-14(13)20/h4-9,11H,3,10H2,1-2H3. The smallest absolute Gasteiger partial charge is 0.318 e. The van der Waals surface area contributed by atoms with E-state index in [1.165, 1.54) is 7.11 Å². The van der Waals surface area contributed by atoms with E-state index in [1.54, 1.807) is 43.8 Å². The van der Waals surface area contributed by atoms with Crippen LogP contribution in [-0.4, -0.2) is 44.2 Å². The van der Waals surface area contributed by atoms with E-state index >= 15 is 0 Å². The quantitative estimate of drug-likeness (QED) is 0.627.